The fourth-order valence-corrected chi connectivity index (χ4v) is 5.48. The summed E-state index contributed by atoms with van der Waals surface area (Å²) in [7, 11) is 0. The molecule has 0 nitrogen and oxygen atoms in total. The molecule has 0 amide bonds. The van der Waals surface area contributed by atoms with Crippen LogP contribution in [0.5, 0.6) is 0 Å². The fraction of sp³-hybridized carbons (Fsp3) is 0.538. The number of hydrogen-bond donors (Lipinski definition) is 0. The lowest BCUT2D eigenvalue weighted by Crippen LogP contribution is -2.09. The predicted octanol–water partition coefficient (Wildman–Crippen LogP) is 9.08. The third kappa shape index (κ3) is 11.9. The van der Waals surface area contributed by atoms with Crippen molar-refractivity contribution in [2.75, 3.05) is 5.75 Å². The zero-order valence-electron chi connectivity index (χ0n) is 19.2. The summed E-state index contributed by atoms with van der Waals surface area (Å²) in [6.45, 7) is 17.8. The molecule has 0 N–H and O–H groups in total. The van der Waals surface area contributed by atoms with Crippen LogP contribution in [0.15, 0.2) is 52.0 Å². The highest BCUT2D eigenvalue weighted by Gasteiger charge is 2.19. The van der Waals surface area contributed by atoms with E-state index in [1.165, 1.54) is 52.0 Å². The van der Waals surface area contributed by atoms with Gasteiger partial charge in [-0.1, -0.05) is 34.9 Å². The Labute approximate surface area is 183 Å². The van der Waals surface area contributed by atoms with Gasteiger partial charge in [-0.15, -0.1) is 23.5 Å². The summed E-state index contributed by atoms with van der Waals surface area (Å²) in [6, 6.07) is 7.85. The van der Waals surface area contributed by atoms with E-state index in [0.29, 0.717) is 0 Å². The molecular formula is C26H39S2. The van der Waals surface area contributed by atoms with E-state index < -0.39 is 0 Å². The Morgan fingerprint density at radius 3 is 2.00 bits per heavy atom. The van der Waals surface area contributed by atoms with Crippen LogP contribution in [0.4, 0.5) is 0 Å². The number of hydrogen-bond acceptors (Lipinski definition) is 2. The molecular weight excluding hydrogens is 376 g/mol. The van der Waals surface area contributed by atoms with E-state index in [2.05, 4.69) is 91.8 Å². The summed E-state index contributed by atoms with van der Waals surface area (Å²) in [4.78, 5) is 1.35. The van der Waals surface area contributed by atoms with Crippen molar-refractivity contribution in [2.45, 2.75) is 90.0 Å². The lowest BCUT2D eigenvalue weighted by molar-refractivity contribution is 0.917. The molecule has 0 saturated carbocycles. The maximum Gasteiger partial charge on any atom is 0.0605 e. The standard InChI is InChI=1S/C26H39S2/c1-20(2)11-9-12-21(3)13-10-14-22(4)15-16-27-26(7,8)28-25-18-23(5)17-24(6)19-25/h11,13,15,18-19H,9-10,12,14,16H2,1-8H3/b21-13+,22-15+. The Morgan fingerprint density at radius 1 is 0.893 bits per heavy atom. The van der Waals surface area contributed by atoms with Crippen molar-refractivity contribution < 1.29 is 0 Å². The normalized spacial score (nSPS) is 13.0. The molecule has 1 aromatic rings. The average Bonchev–Trinajstić information content (AvgIpc) is 2.52. The van der Waals surface area contributed by atoms with Gasteiger partial charge in [-0.05, 0) is 110 Å². The average molecular weight is 416 g/mol. The zero-order valence-corrected chi connectivity index (χ0v) is 20.9. The van der Waals surface area contributed by atoms with Crippen LogP contribution in [0.25, 0.3) is 0 Å². The number of benzene rings is 1. The summed E-state index contributed by atoms with van der Waals surface area (Å²) in [5.74, 6) is 1.08. The third-order valence-electron chi connectivity index (χ3n) is 4.46. The molecule has 1 rings (SSSR count). The van der Waals surface area contributed by atoms with E-state index >= 15 is 0 Å². The predicted molar refractivity (Wildman–Crippen MR) is 133 cm³/mol. The van der Waals surface area contributed by atoms with Crippen LogP contribution in [-0.4, -0.2) is 9.83 Å². The van der Waals surface area contributed by atoms with Crippen LogP contribution in [-0.2, 0) is 0 Å². The maximum atomic E-state index is 3.36. The minimum absolute atomic E-state index is 0.165. The molecule has 28 heavy (non-hydrogen) atoms. The molecule has 2 heteroatoms. The monoisotopic (exact) mass is 415 g/mol. The van der Waals surface area contributed by atoms with Crippen molar-refractivity contribution in [1.29, 1.82) is 0 Å². The SMILES string of the molecule is CC(C)=CCC/C(C)=C/CC/C(C)=C/CSC(C)(C)Sc1cc(C)[c]c(C)c1. The first-order chi connectivity index (χ1) is 13.1. The van der Waals surface area contributed by atoms with Gasteiger partial charge in [-0.2, -0.15) is 0 Å². The fourth-order valence-electron chi connectivity index (χ4n) is 2.95. The number of aryl methyl sites for hydroxylation is 2. The van der Waals surface area contributed by atoms with E-state index in [4.69, 9.17) is 0 Å². The smallest absolute Gasteiger partial charge is 0.0605 e. The van der Waals surface area contributed by atoms with Crippen LogP contribution >= 0.6 is 23.5 Å². The van der Waals surface area contributed by atoms with Gasteiger partial charge in [0.05, 0.1) is 4.08 Å². The van der Waals surface area contributed by atoms with Gasteiger partial charge in [0.15, 0.2) is 0 Å². The highest BCUT2D eigenvalue weighted by Crippen LogP contribution is 2.41. The van der Waals surface area contributed by atoms with E-state index in [9.17, 15) is 0 Å². The van der Waals surface area contributed by atoms with Crippen molar-refractivity contribution in [2.24, 2.45) is 0 Å². The number of allylic oxidation sites excluding steroid dienone is 5. The minimum Gasteiger partial charge on any atom is -0.140 e. The summed E-state index contributed by atoms with van der Waals surface area (Å²) in [6.07, 6.45) is 11.8. The van der Waals surface area contributed by atoms with Crippen molar-refractivity contribution in [3.63, 3.8) is 0 Å². The van der Waals surface area contributed by atoms with Gasteiger partial charge in [0.25, 0.3) is 0 Å². The Hall–Kier alpha value is -0.860. The first-order valence-corrected chi connectivity index (χ1v) is 12.2. The largest absolute Gasteiger partial charge is 0.140 e. The summed E-state index contributed by atoms with van der Waals surface area (Å²) in [5.41, 5.74) is 6.89. The minimum atomic E-state index is 0.165. The number of rotatable bonds is 11. The van der Waals surface area contributed by atoms with Crippen LogP contribution in [0, 0.1) is 19.9 Å². The van der Waals surface area contributed by atoms with E-state index in [0.717, 1.165) is 12.2 Å². The van der Waals surface area contributed by atoms with Gasteiger partial charge in [0.2, 0.25) is 0 Å². The van der Waals surface area contributed by atoms with Crippen LogP contribution in [0.2, 0.25) is 0 Å². The second kappa shape index (κ2) is 12.6. The van der Waals surface area contributed by atoms with Gasteiger partial charge < -0.3 is 0 Å². The van der Waals surface area contributed by atoms with Gasteiger partial charge in [0, 0.05) is 10.6 Å². The van der Waals surface area contributed by atoms with Crippen molar-refractivity contribution >= 4 is 23.5 Å². The van der Waals surface area contributed by atoms with Crippen molar-refractivity contribution in [3.8, 4) is 0 Å². The Morgan fingerprint density at radius 2 is 1.43 bits per heavy atom. The molecule has 0 saturated heterocycles. The first-order valence-electron chi connectivity index (χ1n) is 10.4. The van der Waals surface area contributed by atoms with Gasteiger partial charge in [-0.25, -0.2) is 0 Å². The van der Waals surface area contributed by atoms with Crippen LogP contribution < -0.4 is 0 Å². The third-order valence-corrected chi connectivity index (χ3v) is 7.06. The highest BCUT2D eigenvalue weighted by atomic mass is 32.2. The topological polar surface area (TPSA) is 0 Å². The molecule has 0 aliphatic rings. The number of thioether (sulfide) groups is 2. The molecule has 0 unspecified atom stereocenters. The van der Waals surface area contributed by atoms with E-state index in [1.54, 1.807) is 0 Å². The first kappa shape index (κ1) is 25.2. The molecule has 0 bridgehead atoms. The second-order valence-electron chi connectivity index (χ2n) is 8.45. The molecule has 0 atom stereocenters. The van der Waals surface area contributed by atoms with E-state index in [1.807, 2.05) is 23.5 Å². The molecule has 0 aliphatic heterocycles. The molecule has 1 radical (unpaired) electrons. The highest BCUT2D eigenvalue weighted by molar-refractivity contribution is 8.18. The van der Waals surface area contributed by atoms with E-state index in [-0.39, 0.29) is 4.08 Å². The Balaban J connectivity index is 2.40. The summed E-state index contributed by atoms with van der Waals surface area (Å²) < 4.78 is 0.165. The molecule has 0 heterocycles. The molecule has 1 aromatic carbocycles. The second-order valence-corrected chi connectivity index (χ2v) is 12.1. The maximum absolute atomic E-state index is 3.36. The molecule has 0 spiro atoms. The summed E-state index contributed by atoms with van der Waals surface area (Å²) in [5, 5.41) is 0. The zero-order chi connectivity index (χ0) is 21.2. The lowest BCUT2D eigenvalue weighted by Gasteiger charge is -2.23. The van der Waals surface area contributed by atoms with Crippen LogP contribution in [0.1, 0.15) is 78.4 Å². The lowest BCUT2D eigenvalue weighted by atomic mass is 10.1. The van der Waals surface area contributed by atoms with Gasteiger partial charge in [-0.3, -0.25) is 0 Å². The molecule has 0 fully saturated rings. The van der Waals surface area contributed by atoms with Gasteiger partial charge >= 0.3 is 0 Å². The van der Waals surface area contributed by atoms with Crippen molar-refractivity contribution in [1.82, 2.24) is 0 Å². The summed E-state index contributed by atoms with van der Waals surface area (Å²) >= 11 is 3.98. The molecule has 0 aliphatic carbocycles. The quantitative estimate of drug-likeness (QED) is 0.201. The molecule has 0 aromatic heterocycles. The molecule has 155 valence electrons. The van der Waals surface area contributed by atoms with Crippen molar-refractivity contribution in [3.05, 3.63) is 64.3 Å². The van der Waals surface area contributed by atoms with Crippen LogP contribution in [0.3, 0.4) is 0 Å². The Bertz CT molecular complexity index is 681. The van der Waals surface area contributed by atoms with Gasteiger partial charge in [0.1, 0.15) is 0 Å². The Kier molecular flexibility index (Phi) is 11.4.